The highest BCUT2D eigenvalue weighted by atomic mass is 127. The molecular formula is C14H29IO2Si. The average molecular weight is 384 g/mol. The molecule has 3 atom stereocenters. The van der Waals surface area contributed by atoms with Crippen molar-refractivity contribution in [2.24, 2.45) is 5.92 Å². The van der Waals surface area contributed by atoms with Crippen molar-refractivity contribution < 1.29 is 9.53 Å². The van der Waals surface area contributed by atoms with Gasteiger partial charge in [-0.1, -0.05) is 33.8 Å². The lowest BCUT2D eigenvalue weighted by Gasteiger charge is -2.41. The molecule has 0 aliphatic carbocycles. The molecule has 0 aromatic carbocycles. The first-order valence-corrected chi connectivity index (χ1v) is 10.6. The van der Waals surface area contributed by atoms with Crippen LogP contribution in [0.2, 0.25) is 18.1 Å². The second-order valence-electron chi connectivity index (χ2n) is 6.70. The summed E-state index contributed by atoms with van der Waals surface area (Å²) in [5.74, 6) is 0.232. The molecule has 108 valence electrons. The van der Waals surface area contributed by atoms with Gasteiger partial charge in [-0.25, -0.2) is 0 Å². The third-order valence-corrected chi connectivity index (χ3v) is 8.56. The molecule has 0 rings (SSSR count). The van der Waals surface area contributed by atoms with Crippen molar-refractivity contribution in [3.63, 3.8) is 0 Å². The predicted molar refractivity (Wildman–Crippen MR) is 90.7 cm³/mol. The Labute approximate surface area is 127 Å². The van der Waals surface area contributed by atoms with Crippen LogP contribution in [0, 0.1) is 5.92 Å². The zero-order valence-corrected chi connectivity index (χ0v) is 16.2. The molecule has 0 saturated carbocycles. The fourth-order valence-corrected chi connectivity index (χ4v) is 3.63. The molecule has 0 amide bonds. The quantitative estimate of drug-likeness (QED) is 0.548. The Balaban J connectivity index is 5.01. The van der Waals surface area contributed by atoms with Gasteiger partial charge in [-0.2, -0.15) is 0 Å². The van der Waals surface area contributed by atoms with E-state index in [0.29, 0.717) is 0 Å². The van der Waals surface area contributed by atoms with E-state index in [1.54, 1.807) is 0 Å². The highest BCUT2D eigenvalue weighted by Gasteiger charge is 2.40. The number of hydrogen-bond donors (Lipinski definition) is 1. The topological polar surface area (TPSA) is 29.5 Å². The van der Waals surface area contributed by atoms with E-state index in [1.807, 2.05) is 6.92 Å². The van der Waals surface area contributed by atoms with Crippen LogP contribution in [0.25, 0.3) is 0 Å². The first-order valence-electron chi connectivity index (χ1n) is 6.58. The van der Waals surface area contributed by atoms with Crippen molar-refractivity contribution >= 4 is 30.9 Å². The lowest BCUT2D eigenvalue weighted by Crippen LogP contribution is -2.48. The minimum atomic E-state index is -1.84. The summed E-state index contributed by atoms with van der Waals surface area (Å²) >= 11 is 2.30. The average Bonchev–Trinajstić information content (AvgIpc) is 2.10. The Kier molecular flexibility index (Phi) is 7.09. The van der Waals surface area contributed by atoms with E-state index in [4.69, 9.17) is 4.43 Å². The Hall–Kier alpha value is 0.607. The smallest absolute Gasteiger partial charge is 0.192 e. The van der Waals surface area contributed by atoms with Gasteiger partial charge in [0, 0.05) is 5.92 Å². The number of rotatable bonds is 5. The number of aliphatic hydroxyl groups excluding tert-OH is 1. The number of allylic oxidation sites excluding steroid dienone is 1. The molecule has 0 aromatic heterocycles. The van der Waals surface area contributed by atoms with Gasteiger partial charge in [0.15, 0.2) is 8.32 Å². The fraction of sp³-hybridized carbons (Fsp3) is 0.857. The Bertz CT molecular complexity index is 289. The molecule has 18 heavy (non-hydrogen) atoms. The van der Waals surface area contributed by atoms with Crippen molar-refractivity contribution in [1.82, 2.24) is 0 Å². The van der Waals surface area contributed by atoms with Crippen molar-refractivity contribution in [3.8, 4) is 0 Å². The predicted octanol–water partition coefficient (Wildman–Crippen LogP) is 4.73. The van der Waals surface area contributed by atoms with Crippen LogP contribution in [0.3, 0.4) is 0 Å². The lowest BCUT2D eigenvalue weighted by atomic mass is 10.0. The monoisotopic (exact) mass is 384 g/mol. The van der Waals surface area contributed by atoms with Crippen molar-refractivity contribution in [2.45, 2.75) is 71.9 Å². The summed E-state index contributed by atoms with van der Waals surface area (Å²) in [5.41, 5.74) is 0. The standard InChI is InChI=1S/C14H29IO2Si/c1-10(9-11(2)15)13(12(3)16)17-18(7,8)14(4,5)6/h9-10,12-13,16H,1-8H3/b11-9-/t10-,12+,13+/m1/s1. The van der Waals surface area contributed by atoms with E-state index in [9.17, 15) is 5.11 Å². The van der Waals surface area contributed by atoms with Crippen molar-refractivity contribution in [1.29, 1.82) is 0 Å². The molecule has 0 aliphatic heterocycles. The van der Waals surface area contributed by atoms with Crippen LogP contribution >= 0.6 is 22.6 Å². The van der Waals surface area contributed by atoms with Crippen molar-refractivity contribution in [2.75, 3.05) is 0 Å². The van der Waals surface area contributed by atoms with Gasteiger partial charge in [-0.15, -0.1) is 0 Å². The van der Waals surface area contributed by atoms with E-state index in [2.05, 4.69) is 76.4 Å². The summed E-state index contributed by atoms with van der Waals surface area (Å²) in [6.07, 6.45) is 1.61. The maximum Gasteiger partial charge on any atom is 0.192 e. The van der Waals surface area contributed by atoms with Gasteiger partial charge >= 0.3 is 0 Å². The van der Waals surface area contributed by atoms with Gasteiger partial charge in [0.25, 0.3) is 0 Å². The molecule has 0 heterocycles. The number of halogens is 1. The normalized spacial score (nSPS) is 19.6. The molecule has 0 aliphatic rings. The van der Waals surface area contributed by atoms with Crippen LogP contribution in [0.15, 0.2) is 9.66 Å². The molecule has 0 radical (unpaired) electrons. The van der Waals surface area contributed by atoms with Crippen LogP contribution in [-0.2, 0) is 4.43 Å². The molecule has 0 fully saturated rings. The van der Waals surface area contributed by atoms with E-state index in [-0.39, 0.29) is 17.1 Å². The molecule has 4 heteroatoms. The zero-order valence-electron chi connectivity index (χ0n) is 13.0. The second-order valence-corrected chi connectivity index (χ2v) is 13.2. The molecule has 0 saturated heterocycles. The first-order chi connectivity index (χ1) is 7.88. The minimum absolute atomic E-state index is 0.115. The highest BCUT2D eigenvalue weighted by Crippen LogP contribution is 2.38. The maximum atomic E-state index is 9.99. The van der Waals surface area contributed by atoms with Gasteiger partial charge in [0.1, 0.15) is 0 Å². The van der Waals surface area contributed by atoms with Crippen molar-refractivity contribution in [3.05, 3.63) is 9.66 Å². The maximum absolute atomic E-state index is 9.99. The summed E-state index contributed by atoms with van der Waals surface area (Å²) in [7, 11) is -1.84. The van der Waals surface area contributed by atoms with E-state index in [0.717, 1.165) is 0 Å². The van der Waals surface area contributed by atoms with Gasteiger partial charge in [-0.3, -0.25) is 0 Å². The van der Waals surface area contributed by atoms with E-state index >= 15 is 0 Å². The number of hydrogen-bond acceptors (Lipinski definition) is 2. The summed E-state index contributed by atoms with van der Waals surface area (Å²) in [6.45, 7) is 17.2. The Morgan fingerprint density at radius 2 is 1.72 bits per heavy atom. The fourth-order valence-electron chi connectivity index (χ4n) is 1.62. The summed E-state index contributed by atoms with van der Waals surface area (Å²) in [4.78, 5) is 0. The highest BCUT2D eigenvalue weighted by molar-refractivity contribution is 14.1. The second kappa shape index (κ2) is 6.86. The summed E-state index contributed by atoms with van der Waals surface area (Å²) < 4.78 is 7.61. The third-order valence-electron chi connectivity index (χ3n) is 3.72. The van der Waals surface area contributed by atoms with Crippen LogP contribution in [-0.4, -0.2) is 25.6 Å². The van der Waals surface area contributed by atoms with E-state index < -0.39 is 14.4 Å². The molecule has 0 unspecified atom stereocenters. The summed E-state index contributed by atoms with van der Waals surface area (Å²) in [5, 5.41) is 10.2. The molecular weight excluding hydrogens is 355 g/mol. The van der Waals surface area contributed by atoms with Crippen LogP contribution in [0.4, 0.5) is 0 Å². The van der Waals surface area contributed by atoms with Gasteiger partial charge in [-0.05, 0) is 58.2 Å². The Morgan fingerprint density at radius 3 is 2.00 bits per heavy atom. The summed E-state index contributed by atoms with van der Waals surface area (Å²) in [6, 6.07) is 0. The molecule has 2 nitrogen and oxygen atoms in total. The molecule has 0 aromatic rings. The molecule has 1 N–H and O–H groups in total. The minimum Gasteiger partial charge on any atom is -0.411 e. The number of aliphatic hydroxyl groups is 1. The van der Waals surface area contributed by atoms with Gasteiger partial charge in [0.2, 0.25) is 0 Å². The zero-order chi connectivity index (χ0) is 14.7. The van der Waals surface area contributed by atoms with Crippen LogP contribution in [0.5, 0.6) is 0 Å². The SMILES string of the molecule is C/C(I)=C/[C@@H](C)[C@H](O[Si](C)(C)C(C)(C)C)[C@H](C)O. The third kappa shape index (κ3) is 5.71. The van der Waals surface area contributed by atoms with Crippen LogP contribution in [0.1, 0.15) is 41.5 Å². The van der Waals surface area contributed by atoms with Crippen LogP contribution < -0.4 is 0 Å². The largest absolute Gasteiger partial charge is 0.411 e. The van der Waals surface area contributed by atoms with Gasteiger partial charge in [0.05, 0.1) is 12.2 Å². The Morgan fingerprint density at radius 1 is 1.28 bits per heavy atom. The van der Waals surface area contributed by atoms with E-state index in [1.165, 1.54) is 3.58 Å². The van der Waals surface area contributed by atoms with Gasteiger partial charge < -0.3 is 9.53 Å². The first kappa shape index (κ1) is 18.6. The lowest BCUT2D eigenvalue weighted by molar-refractivity contribution is 0.0181. The molecule has 0 bridgehead atoms. The molecule has 0 spiro atoms.